The molecule has 4 heteroatoms. The summed E-state index contributed by atoms with van der Waals surface area (Å²) in [6.07, 6.45) is 0.0514. The van der Waals surface area contributed by atoms with Gasteiger partial charge >= 0.3 is 0 Å². The Morgan fingerprint density at radius 1 is 1.75 bits per heavy atom. The molecule has 1 fully saturated rings. The number of amides is 1. The Bertz CT molecular complexity index is 191. The zero-order chi connectivity index (χ0) is 9.35. The first-order valence-corrected chi connectivity index (χ1v) is 4.06. The predicted octanol–water partition coefficient (Wildman–Crippen LogP) is -0.0379. The average Bonchev–Trinajstić information content (AvgIpc) is 2.23. The number of hydrogen-bond donors (Lipinski definition) is 1. The first kappa shape index (κ1) is 9.48. The number of nitrogens with zero attached hydrogens (tertiary/aromatic N) is 1. The summed E-state index contributed by atoms with van der Waals surface area (Å²) in [7, 11) is 0. The van der Waals surface area contributed by atoms with Gasteiger partial charge in [-0.15, -0.1) is 0 Å². The molecule has 1 amide bonds. The molecule has 0 radical (unpaired) electrons. The van der Waals surface area contributed by atoms with Gasteiger partial charge in [-0.25, -0.2) is 0 Å². The van der Waals surface area contributed by atoms with Crippen LogP contribution in [-0.2, 0) is 9.53 Å². The zero-order valence-corrected chi connectivity index (χ0v) is 7.70. The van der Waals surface area contributed by atoms with Crippen LogP contribution in [0.25, 0.3) is 0 Å². The van der Waals surface area contributed by atoms with Crippen LogP contribution in [0.2, 0.25) is 0 Å². The van der Waals surface area contributed by atoms with Gasteiger partial charge in [0.1, 0.15) is 12.3 Å². The van der Waals surface area contributed by atoms with Gasteiger partial charge in [0.05, 0.1) is 6.10 Å². The number of ether oxygens (including phenoxy) is 1. The van der Waals surface area contributed by atoms with Gasteiger partial charge in [0, 0.05) is 6.54 Å². The summed E-state index contributed by atoms with van der Waals surface area (Å²) in [6.45, 7) is 5.67. The summed E-state index contributed by atoms with van der Waals surface area (Å²) < 4.78 is 5.48. The minimum atomic E-state index is -0.570. The van der Waals surface area contributed by atoms with E-state index in [1.165, 1.54) is 0 Å². The Morgan fingerprint density at radius 3 is 2.67 bits per heavy atom. The molecule has 1 heterocycles. The fourth-order valence-electron chi connectivity index (χ4n) is 1.56. The normalized spacial score (nSPS) is 27.7. The largest absolute Gasteiger partial charge is 0.387 e. The van der Waals surface area contributed by atoms with Gasteiger partial charge in [-0.05, 0) is 20.8 Å². The van der Waals surface area contributed by atoms with Crippen molar-refractivity contribution in [1.29, 1.82) is 0 Å². The van der Waals surface area contributed by atoms with Gasteiger partial charge in [0.2, 0.25) is 0 Å². The van der Waals surface area contributed by atoms with Crippen molar-refractivity contribution in [3.05, 3.63) is 0 Å². The average molecular weight is 173 g/mol. The summed E-state index contributed by atoms with van der Waals surface area (Å²) in [5.74, 6) is -0.274. The van der Waals surface area contributed by atoms with E-state index in [0.717, 1.165) is 0 Å². The second-order valence-electron chi connectivity index (χ2n) is 3.54. The molecule has 0 aromatic heterocycles. The monoisotopic (exact) mass is 173 g/mol. The van der Waals surface area contributed by atoms with Crippen LogP contribution in [0.3, 0.4) is 0 Å². The third-order valence-corrected chi connectivity index (χ3v) is 2.02. The lowest BCUT2D eigenvalue weighted by Gasteiger charge is -2.29. The third kappa shape index (κ3) is 1.59. The van der Waals surface area contributed by atoms with Crippen LogP contribution < -0.4 is 0 Å². The number of hydrogen-bond acceptors (Lipinski definition) is 3. The molecule has 4 nitrogen and oxygen atoms in total. The van der Waals surface area contributed by atoms with Crippen LogP contribution in [0.15, 0.2) is 0 Å². The molecule has 0 aromatic rings. The topological polar surface area (TPSA) is 49.8 Å². The van der Waals surface area contributed by atoms with Crippen molar-refractivity contribution in [1.82, 2.24) is 4.90 Å². The van der Waals surface area contributed by atoms with Crippen LogP contribution in [0.4, 0.5) is 0 Å². The second-order valence-corrected chi connectivity index (χ2v) is 3.54. The molecule has 0 saturated carbocycles. The van der Waals surface area contributed by atoms with Crippen molar-refractivity contribution in [2.24, 2.45) is 0 Å². The summed E-state index contributed by atoms with van der Waals surface area (Å²) in [6, 6.07) is 0. The van der Waals surface area contributed by atoms with E-state index in [2.05, 4.69) is 0 Å². The van der Waals surface area contributed by atoms with E-state index in [9.17, 15) is 4.79 Å². The van der Waals surface area contributed by atoms with Gasteiger partial charge in [-0.2, -0.15) is 0 Å². The summed E-state index contributed by atoms with van der Waals surface area (Å²) in [4.78, 5) is 12.7. The van der Waals surface area contributed by atoms with E-state index in [-0.39, 0.29) is 12.0 Å². The third-order valence-electron chi connectivity index (χ3n) is 2.02. The van der Waals surface area contributed by atoms with Crippen LogP contribution in [0, 0.1) is 0 Å². The number of carbonyl (C=O) groups is 1. The Kier molecular flexibility index (Phi) is 2.39. The smallest absolute Gasteiger partial charge is 0.250 e. The van der Waals surface area contributed by atoms with Gasteiger partial charge in [0.15, 0.2) is 0 Å². The lowest BCUT2D eigenvalue weighted by molar-refractivity contribution is -0.148. The van der Waals surface area contributed by atoms with Crippen LogP contribution >= 0.6 is 0 Å². The molecule has 1 unspecified atom stereocenters. The van der Waals surface area contributed by atoms with Crippen molar-refractivity contribution in [2.75, 3.05) is 13.2 Å². The molecule has 1 rings (SSSR count). The molecular formula is C8H15NO3. The van der Waals surface area contributed by atoms with E-state index >= 15 is 0 Å². The highest BCUT2D eigenvalue weighted by Gasteiger charge is 2.39. The fraction of sp³-hybridized carbons (Fsp3) is 0.875. The van der Waals surface area contributed by atoms with E-state index in [4.69, 9.17) is 9.84 Å². The predicted molar refractivity (Wildman–Crippen MR) is 43.4 cm³/mol. The minimum absolute atomic E-state index is 0.0514. The molecule has 0 aromatic carbocycles. The Balaban J connectivity index is 2.71. The lowest BCUT2D eigenvalue weighted by Crippen LogP contribution is -2.44. The highest BCUT2D eigenvalue weighted by atomic mass is 16.5. The molecule has 1 N–H and O–H groups in total. The Hall–Kier alpha value is -0.610. The SMILES string of the molecule is CC1CN(C(=O)CO)C(C)(C)O1. The summed E-state index contributed by atoms with van der Waals surface area (Å²) >= 11 is 0. The first-order valence-electron chi connectivity index (χ1n) is 4.06. The molecule has 70 valence electrons. The number of rotatable bonds is 1. The van der Waals surface area contributed by atoms with E-state index < -0.39 is 12.3 Å². The van der Waals surface area contributed by atoms with Crippen molar-refractivity contribution >= 4 is 5.91 Å². The molecule has 0 aliphatic carbocycles. The van der Waals surface area contributed by atoms with Crippen LogP contribution in [-0.4, -0.2) is 40.9 Å². The zero-order valence-electron chi connectivity index (χ0n) is 7.70. The fourth-order valence-corrected chi connectivity index (χ4v) is 1.56. The molecule has 1 saturated heterocycles. The standard InChI is InChI=1S/C8H15NO3/c1-6-4-9(7(11)5-10)8(2,3)12-6/h6,10H,4-5H2,1-3H3. The van der Waals surface area contributed by atoms with Crippen molar-refractivity contribution in [3.63, 3.8) is 0 Å². The molecule has 1 aliphatic rings. The quantitative estimate of drug-likeness (QED) is 0.605. The minimum Gasteiger partial charge on any atom is -0.387 e. The lowest BCUT2D eigenvalue weighted by atomic mass is 10.2. The van der Waals surface area contributed by atoms with Crippen molar-refractivity contribution < 1.29 is 14.6 Å². The van der Waals surface area contributed by atoms with Gasteiger partial charge in [-0.1, -0.05) is 0 Å². The number of aliphatic hydroxyl groups excluding tert-OH is 1. The number of aliphatic hydroxyl groups is 1. The highest BCUT2D eigenvalue weighted by molar-refractivity contribution is 5.78. The Morgan fingerprint density at radius 2 is 2.33 bits per heavy atom. The maximum Gasteiger partial charge on any atom is 0.250 e. The van der Waals surface area contributed by atoms with Crippen LogP contribution in [0.1, 0.15) is 20.8 Å². The molecular weight excluding hydrogens is 158 g/mol. The van der Waals surface area contributed by atoms with E-state index in [1.807, 2.05) is 20.8 Å². The van der Waals surface area contributed by atoms with Gasteiger partial charge in [-0.3, -0.25) is 4.79 Å². The second kappa shape index (κ2) is 3.03. The molecule has 12 heavy (non-hydrogen) atoms. The maximum absolute atomic E-state index is 11.2. The molecule has 1 atom stereocenters. The van der Waals surface area contributed by atoms with Gasteiger partial charge < -0.3 is 14.7 Å². The Labute approximate surface area is 72.1 Å². The molecule has 0 bridgehead atoms. The summed E-state index contributed by atoms with van der Waals surface area (Å²) in [5, 5.41) is 8.67. The molecule has 0 spiro atoms. The number of carbonyl (C=O) groups excluding carboxylic acids is 1. The maximum atomic E-state index is 11.2. The van der Waals surface area contributed by atoms with Crippen LogP contribution in [0.5, 0.6) is 0 Å². The first-order chi connectivity index (χ1) is 5.47. The van der Waals surface area contributed by atoms with E-state index in [0.29, 0.717) is 6.54 Å². The van der Waals surface area contributed by atoms with Gasteiger partial charge in [0.25, 0.3) is 5.91 Å². The van der Waals surface area contributed by atoms with Crippen molar-refractivity contribution in [2.45, 2.75) is 32.6 Å². The highest BCUT2D eigenvalue weighted by Crippen LogP contribution is 2.25. The van der Waals surface area contributed by atoms with E-state index in [1.54, 1.807) is 4.90 Å². The van der Waals surface area contributed by atoms with Crippen molar-refractivity contribution in [3.8, 4) is 0 Å². The molecule has 1 aliphatic heterocycles. The summed E-state index contributed by atoms with van der Waals surface area (Å²) in [5.41, 5.74) is -0.570.